The summed E-state index contributed by atoms with van der Waals surface area (Å²) in [5.74, 6) is 0. The lowest BCUT2D eigenvalue weighted by Gasteiger charge is -2.10. The van der Waals surface area contributed by atoms with E-state index in [1.54, 1.807) is 0 Å². The Bertz CT molecular complexity index is 728. The number of hydrazone groups is 1. The molecule has 5 heteroatoms. The highest BCUT2D eigenvalue weighted by atomic mass is 79.9. The van der Waals surface area contributed by atoms with Crippen LogP contribution in [-0.2, 0) is 6.42 Å². The Morgan fingerprint density at radius 2 is 1.95 bits per heavy atom. The van der Waals surface area contributed by atoms with E-state index in [0.29, 0.717) is 16.4 Å². The topological polar surface area (TPSA) is 24.4 Å². The number of thiocarbonyl (C=S) groups is 1. The predicted octanol–water partition coefficient (Wildman–Crippen LogP) is 4.33. The molecule has 3 rings (SSSR count). The fourth-order valence-corrected chi connectivity index (χ4v) is 2.96. The highest BCUT2D eigenvalue weighted by molar-refractivity contribution is 9.10. The molecule has 1 N–H and O–H groups in total. The van der Waals surface area contributed by atoms with Crippen molar-refractivity contribution < 1.29 is 0 Å². The molecule has 0 spiro atoms. The van der Waals surface area contributed by atoms with Gasteiger partial charge in [0.15, 0.2) is 0 Å². The summed E-state index contributed by atoms with van der Waals surface area (Å²) >= 11 is 15.1. The molecular formula is C15H10BrClN2S. The first-order valence-electron chi connectivity index (χ1n) is 6.05. The molecule has 2 aromatic carbocycles. The predicted molar refractivity (Wildman–Crippen MR) is 90.7 cm³/mol. The molecule has 0 atom stereocenters. The van der Waals surface area contributed by atoms with Crippen molar-refractivity contribution in [2.75, 3.05) is 0 Å². The van der Waals surface area contributed by atoms with E-state index < -0.39 is 0 Å². The number of nitrogens with one attached hydrogen (secondary N) is 1. The lowest BCUT2D eigenvalue weighted by Crippen LogP contribution is -2.16. The summed E-state index contributed by atoms with van der Waals surface area (Å²) in [6.45, 7) is 0. The van der Waals surface area contributed by atoms with Gasteiger partial charge in [-0.2, -0.15) is 5.10 Å². The second-order valence-electron chi connectivity index (χ2n) is 4.45. The van der Waals surface area contributed by atoms with Crippen molar-refractivity contribution in [3.63, 3.8) is 0 Å². The largest absolute Gasteiger partial charge is 0.271 e. The number of benzene rings is 2. The number of halogens is 2. The van der Waals surface area contributed by atoms with Crippen LogP contribution in [0, 0.1) is 0 Å². The zero-order valence-electron chi connectivity index (χ0n) is 10.4. The van der Waals surface area contributed by atoms with Crippen LogP contribution in [0.25, 0.3) is 0 Å². The average Bonchev–Trinajstić information content (AvgIpc) is 2.58. The molecule has 0 amide bonds. The van der Waals surface area contributed by atoms with Gasteiger partial charge in [0.2, 0.25) is 0 Å². The molecule has 0 unspecified atom stereocenters. The first kappa shape index (κ1) is 13.7. The van der Waals surface area contributed by atoms with E-state index in [9.17, 15) is 0 Å². The molecule has 20 heavy (non-hydrogen) atoms. The normalized spacial score (nSPS) is 14.1. The summed E-state index contributed by atoms with van der Waals surface area (Å²) in [6, 6.07) is 13.8. The molecule has 0 aromatic heterocycles. The summed E-state index contributed by atoms with van der Waals surface area (Å²) in [7, 11) is 0. The van der Waals surface area contributed by atoms with Crippen LogP contribution in [0.5, 0.6) is 0 Å². The summed E-state index contributed by atoms with van der Waals surface area (Å²) in [5, 5.41) is 5.11. The number of hydrogen-bond donors (Lipinski definition) is 1. The summed E-state index contributed by atoms with van der Waals surface area (Å²) in [5.41, 5.74) is 6.82. The average molecular weight is 366 g/mol. The van der Waals surface area contributed by atoms with Crippen molar-refractivity contribution in [1.29, 1.82) is 0 Å². The maximum absolute atomic E-state index is 6.30. The molecule has 1 aliphatic heterocycles. The van der Waals surface area contributed by atoms with Crippen LogP contribution < -0.4 is 5.43 Å². The summed E-state index contributed by atoms with van der Waals surface area (Å²) in [4.78, 5) is 0.704. The van der Waals surface area contributed by atoms with Gasteiger partial charge < -0.3 is 0 Å². The van der Waals surface area contributed by atoms with Crippen molar-refractivity contribution >= 4 is 50.4 Å². The molecule has 0 saturated carbocycles. The van der Waals surface area contributed by atoms with E-state index in [1.165, 1.54) is 0 Å². The SMILES string of the molecule is S=C1Cc2ccc(Br)cc2C(c2ccccc2Cl)=NN1. The fraction of sp³-hybridized carbons (Fsp3) is 0.0667. The second kappa shape index (κ2) is 5.64. The van der Waals surface area contributed by atoms with Crippen LogP contribution in [0.2, 0.25) is 5.02 Å². The molecule has 100 valence electrons. The Hall–Kier alpha value is -1.23. The fourth-order valence-electron chi connectivity index (χ4n) is 2.17. The van der Waals surface area contributed by atoms with Crippen molar-refractivity contribution in [2.24, 2.45) is 5.10 Å². The maximum atomic E-state index is 6.30. The molecule has 0 fully saturated rings. The minimum absolute atomic E-state index is 0.673. The van der Waals surface area contributed by atoms with Gasteiger partial charge in [0.25, 0.3) is 0 Å². The van der Waals surface area contributed by atoms with E-state index in [2.05, 4.69) is 32.5 Å². The van der Waals surface area contributed by atoms with Crippen LogP contribution in [0.1, 0.15) is 16.7 Å². The third-order valence-corrected chi connectivity index (χ3v) is 4.16. The Morgan fingerprint density at radius 3 is 2.75 bits per heavy atom. The lowest BCUT2D eigenvalue weighted by atomic mass is 9.96. The molecule has 0 radical (unpaired) electrons. The molecular weight excluding hydrogens is 356 g/mol. The zero-order chi connectivity index (χ0) is 14.1. The zero-order valence-corrected chi connectivity index (χ0v) is 13.5. The Kier molecular flexibility index (Phi) is 3.87. The van der Waals surface area contributed by atoms with E-state index in [1.807, 2.05) is 36.4 Å². The van der Waals surface area contributed by atoms with Crippen molar-refractivity contribution in [3.8, 4) is 0 Å². The first-order chi connectivity index (χ1) is 9.65. The van der Waals surface area contributed by atoms with Crippen molar-refractivity contribution in [2.45, 2.75) is 6.42 Å². The molecule has 2 nitrogen and oxygen atoms in total. The second-order valence-corrected chi connectivity index (χ2v) is 6.27. The van der Waals surface area contributed by atoms with E-state index in [-0.39, 0.29) is 0 Å². The minimum Gasteiger partial charge on any atom is -0.271 e. The number of nitrogens with zero attached hydrogens (tertiary/aromatic N) is 1. The molecule has 0 aliphatic carbocycles. The van der Waals surface area contributed by atoms with Crippen LogP contribution in [0.4, 0.5) is 0 Å². The van der Waals surface area contributed by atoms with Crippen LogP contribution in [-0.4, -0.2) is 10.7 Å². The molecule has 1 heterocycles. The molecule has 2 aromatic rings. The Balaban J connectivity index is 2.23. The molecule has 0 saturated heterocycles. The Morgan fingerprint density at radius 1 is 1.15 bits per heavy atom. The van der Waals surface area contributed by atoms with Gasteiger partial charge in [-0.1, -0.05) is 64.0 Å². The van der Waals surface area contributed by atoms with Crippen LogP contribution in [0.15, 0.2) is 52.0 Å². The monoisotopic (exact) mass is 364 g/mol. The Labute approximate surface area is 136 Å². The van der Waals surface area contributed by atoms with Gasteiger partial charge in [0, 0.05) is 22.0 Å². The van der Waals surface area contributed by atoms with Crippen molar-refractivity contribution in [3.05, 3.63) is 68.7 Å². The summed E-state index contributed by atoms with van der Waals surface area (Å²) < 4.78 is 1.00. The first-order valence-corrected chi connectivity index (χ1v) is 7.63. The van der Waals surface area contributed by atoms with Gasteiger partial charge in [-0.05, 0) is 23.8 Å². The highest BCUT2D eigenvalue weighted by Crippen LogP contribution is 2.26. The number of rotatable bonds is 1. The van der Waals surface area contributed by atoms with E-state index in [0.717, 1.165) is 26.9 Å². The highest BCUT2D eigenvalue weighted by Gasteiger charge is 2.18. The molecule has 1 aliphatic rings. The van der Waals surface area contributed by atoms with Gasteiger partial charge in [-0.15, -0.1) is 0 Å². The van der Waals surface area contributed by atoms with Gasteiger partial charge >= 0.3 is 0 Å². The van der Waals surface area contributed by atoms with Crippen LogP contribution >= 0.6 is 39.7 Å². The number of fused-ring (bicyclic) bond motifs is 1. The van der Waals surface area contributed by atoms with Gasteiger partial charge in [0.05, 0.1) is 10.7 Å². The quantitative estimate of drug-likeness (QED) is 0.761. The number of hydrogen-bond acceptors (Lipinski definition) is 2. The van der Waals surface area contributed by atoms with E-state index >= 15 is 0 Å². The minimum atomic E-state index is 0.673. The van der Waals surface area contributed by atoms with Crippen molar-refractivity contribution in [1.82, 2.24) is 5.43 Å². The third-order valence-electron chi connectivity index (χ3n) is 3.10. The smallest absolute Gasteiger partial charge is 0.101 e. The van der Waals surface area contributed by atoms with E-state index in [4.69, 9.17) is 23.8 Å². The van der Waals surface area contributed by atoms with Gasteiger partial charge in [-0.3, -0.25) is 5.43 Å². The van der Waals surface area contributed by atoms with Gasteiger partial charge in [0.1, 0.15) is 4.99 Å². The molecule has 0 bridgehead atoms. The van der Waals surface area contributed by atoms with Crippen LogP contribution in [0.3, 0.4) is 0 Å². The van der Waals surface area contributed by atoms with Gasteiger partial charge in [-0.25, -0.2) is 0 Å². The lowest BCUT2D eigenvalue weighted by molar-refractivity contribution is 1.03. The third kappa shape index (κ3) is 2.64. The standard InChI is InChI=1S/C15H10BrClN2S/c16-10-6-5-9-7-14(20)18-19-15(12(9)8-10)11-3-1-2-4-13(11)17/h1-6,8H,7H2,(H,18,20). The maximum Gasteiger partial charge on any atom is 0.101 e. The summed E-state index contributed by atoms with van der Waals surface area (Å²) in [6.07, 6.45) is 0.676.